The summed E-state index contributed by atoms with van der Waals surface area (Å²) in [5.41, 5.74) is 2.58. The Labute approximate surface area is 77.2 Å². The first-order chi connectivity index (χ1) is 5.92. The Morgan fingerprint density at radius 2 is 2.42 bits per heavy atom. The fourth-order valence-corrected chi connectivity index (χ4v) is 1.64. The average molecular weight is 178 g/mol. The molecule has 0 saturated heterocycles. The third-order valence-electron chi connectivity index (χ3n) is 2.01. The van der Waals surface area contributed by atoms with E-state index in [0.29, 0.717) is 0 Å². The first-order valence-corrected chi connectivity index (χ1v) is 4.65. The fourth-order valence-electron chi connectivity index (χ4n) is 1.40. The summed E-state index contributed by atoms with van der Waals surface area (Å²) in [6.45, 7) is 0. The van der Waals surface area contributed by atoms with Crippen molar-refractivity contribution >= 4 is 24.7 Å². The summed E-state index contributed by atoms with van der Waals surface area (Å²) in [5.74, 6) is 1.77. The number of thiol groups is 1. The van der Waals surface area contributed by atoms with Gasteiger partial charge in [0.15, 0.2) is 5.84 Å². The van der Waals surface area contributed by atoms with Crippen LogP contribution in [0.5, 0.6) is 0 Å². The second-order valence-electron chi connectivity index (χ2n) is 2.78. The van der Waals surface area contributed by atoms with Gasteiger partial charge in [0.25, 0.3) is 0 Å². The van der Waals surface area contributed by atoms with Gasteiger partial charge in [-0.3, -0.25) is 0 Å². The minimum atomic E-state index is 0.877. The molecule has 62 valence electrons. The Kier molecular flexibility index (Phi) is 2.13. The third kappa shape index (κ3) is 1.25. The summed E-state index contributed by atoms with van der Waals surface area (Å²) in [6.07, 6.45) is 7.76. The molecular formula is C9H10N2S. The molecule has 0 atom stereocenters. The molecule has 0 fully saturated rings. The van der Waals surface area contributed by atoms with Crippen molar-refractivity contribution in [2.24, 2.45) is 9.98 Å². The van der Waals surface area contributed by atoms with Crippen LogP contribution in [0.1, 0.15) is 12.8 Å². The van der Waals surface area contributed by atoms with E-state index in [1.807, 2.05) is 12.4 Å². The maximum absolute atomic E-state index is 4.22. The van der Waals surface area contributed by atoms with Gasteiger partial charge >= 0.3 is 0 Å². The number of hydrogen-bond acceptors (Lipinski definition) is 3. The van der Waals surface area contributed by atoms with Crippen LogP contribution in [0.15, 0.2) is 33.4 Å². The highest BCUT2D eigenvalue weighted by Gasteiger charge is 2.16. The summed E-state index contributed by atoms with van der Waals surface area (Å²) >= 11 is 4.20. The molecule has 0 aromatic heterocycles. The first kappa shape index (κ1) is 7.80. The normalized spacial score (nSPS) is 19.9. The minimum absolute atomic E-state index is 0.877. The van der Waals surface area contributed by atoms with Gasteiger partial charge < -0.3 is 0 Å². The van der Waals surface area contributed by atoms with Crippen LogP contribution >= 0.6 is 12.6 Å². The number of amidine groups is 1. The highest BCUT2D eigenvalue weighted by molar-refractivity contribution is 7.80. The van der Waals surface area contributed by atoms with Crippen molar-refractivity contribution in [3.05, 3.63) is 23.4 Å². The Bertz CT molecular complexity index is 310. The second-order valence-corrected chi connectivity index (χ2v) is 3.22. The number of allylic oxidation sites excluding steroid dienone is 2. The lowest BCUT2D eigenvalue weighted by atomic mass is 10.0. The van der Waals surface area contributed by atoms with Crippen LogP contribution in [-0.2, 0) is 0 Å². The molecule has 0 aromatic rings. The number of fused-ring (bicyclic) bond motifs is 1. The highest BCUT2D eigenvalue weighted by atomic mass is 32.1. The van der Waals surface area contributed by atoms with Gasteiger partial charge in [-0.1, -0.05) is 6.08 Å². The molecule has 0 bridgehead atoms. The summed E-state index contributed by atoms with van der Waals surface area (Å²) < 4.78 is 0. The van der Waals surface area contributed by atoms with Crippen molar-refractivity contribution in [2.75, 3.05) is 5.75 Å². The van der Waals surface area contributed by atoms with Gasteiger partial charge in [0.2, 0.25) is 0 Å². The first-order valence-electron chi connectivity index (χ1n) is 4.02. The lowest BCUT2D eigenvalue weighted by Gasteiger charge is -2.05. The van der Waals surface area contributed by atoms with E-state index >= 15 is 0 Å². The molecule has 0 aliphatic carbocycles. The van der Waals surface area contributed by atoms with Gasteiger partial charge in [0.1, 0.15) is 0 Å². The van der Waals surface area contributed by atoms with E-state index in [1.54, 1.807) is 0 Å². The summed E-state index contributed by atoms with van der Waals surface area (Å²) in [4.78, 5) is 8.40. The highest BCUT2D eigenvalue weighted by Crippen LogP contribution is 2.22. The molecule has 0 amide bonds. The summed E-state index contributed by atoms with van der Waals surface area (Å²) in [6, 6.07) is 0. The summed E-state index contributed by atoms with van der Waals surface area (Å²) in [7, 11) is 0. The molecule has 2 nitrogen and oxygen atoms in total. The number of aliphatic imine (C=N–C) groups is 2. The Hall–Kier alpha value is -0.830. The Morgan fingerprint density at radius 3 is 3.25 bits per heavy atom. The Balaban J connectivity index is 2.29. The van der Waals surface area contributed by atoms with E-state index in [2.05, 4.69) is 28.7 Å². The van der Waals surface area contributed by atoms with Crippen LogP contribution < -0.4 is 0 Å². The molecular weight excluding hydrogens is 168 g/mol. The van der Waals surface area contributed by atoms with Crippen molar-refractivity contribution in [1.82, 2.24) is 0 Å². The molecule has 12 heavy (non-hydrogen) atoms. The number of rotatable bonds is 2. The SMILES string of the molecule is SCCC1=C2CC=CN=C2N=C1. The molecule has 0 radical (unpaired) electrons. The molecule has 0 unspecified atom stereocenters. The zero-order valence-electron chi connectivity index (χ0n) is 6.70. The predicted molar refractivity (Wildman–Crippen MR) is 55.2 cm³/mol. The Morgan fingerprint density at radius 1 is 1.50 bits per heavy atom. The van der Waals surface area contributed by atoms with Gasteiger partial charge in [0.05, 0.1) is 0 Å². The maximum Gasteiger partial charge on any atom is 0.155 e. The second kappa shape index (κ2) is 3.27. The molecule has 0 N–H and O–H groups in total. The maximum atomic E-state index is 4.22. The summed E-state index contributed by atoms with van der Waals surface area (Å²) in [5, 5.41) is 0. The van der Waals surface area contributed by atoms with Crippen molar-refractivity contribution in [3.8, 4) is 0 Å². The quantitative estimate of drug-likeness (QED) is 0.626. The van der Waals surface area contributed by atoms with Gasteiger partial charge in [-0.2, -0.15) is 12.6 Å². The molecule has 2 aliphatic rings. The van der Waals surface area contributed by atoms with Crippen LogP contribution in [0.25, 0.3) is 0 Å². The van der Waals surface area contributed by atoms with E-state index in [9.17, 15) is 0 Å². The predicted octanol–water partition coefficient (Wildman–Crippen LogP) is 2.00. The fraction of sp³-hybridized carbons (Fsp3) is 0.333. The van der Waals surface area contributed by atoms with Gasteiger partial charge in [0, 0.05) is 18.0 Å². The van der Waals surface area contributed by atoms with E-state index in [0.717, 1.165) is 24.4 Å². The smallest absolute Gasteiger partial charge is 0.155 e. The molecule has 0 saturated carbocycles. The van der Waals surface area contributed by atoms with Crippen LogP contribution in [0, 0.1) is 0 Å². The van der Waals surface area contributed by atoms with Crippen LogP contribution in [0.4, 0.5) is 0 Å². The molecule has 3 heteroatoms. The minimum Gasteiger partial charge on any atom is -0.237 e. The monoisotopic (exact) mass is 178 g/mol. The van der Waals surface area contributed by atoms with Crippen molar-refractivity contribution in [1.29, 1.82) is 0 Å². The van der Waals surface area contributed by atoms with Crippen molar-refractivity contribution in [3.63, 3.8) is 0 Å². The number of hydrogen-bond donors (Lipinski definition) is 1. The van der Waals surface area contributed by atoms with Crippen molar-refractivity contribution < 1.29 is 0 Å². The van der Waals surface area contributed by atoms with Gasteiger partial charge in [-0.15, -0.1) is 0 Å². The largest absolute Gasteiger partial charge is 0.237 e. The van der Waals surface area contributed by atoms with Crippen LogP contribution in [-0.4, -0.2) is 17.8 Å². The lowest BCUT2D eigenvalue weighted by molar-refractivity contribution is 1.14. The lowest BCUT2D eigenvalue weighted by Crippen LogP contribution is -1.99. The van der Waals surface area contributed by atoms with E-state index in [1.165, 1.54) is 11.1 Å². The van der Waals surface area contributed by atoms with Crippen LogP contribution in [0.3, 0.4) is 0 Å². The van der Waals surface area contributed by atoms with E-state index < -0.39 is 0 Å². The molecule has 2 heterocycles. The topological polar surface area (TPSA) is 24.7 Å². The van der Waals surface area contributed by atoms with Crippen molar-refractivity contribution in [2.45, 2.75) is 12.8 Å². The van der Waals surface area contributed by atoms with Crippen LogP contribution in [0.2, 0.25) is 0 Å². The zero-order valence-corrected chi connectivity index (χ0v) is 7.59. The van der Waals surface area contributed by atoms with E-state index in [-0.39, 0.29) is 0 Å². The van der Waals surface area contributed by atoms with E-state index in [4.69, 9.17) is 0 Å². The standard InChI is InChI=1S/C9H10N2S/c12-5-3-7-6-11-9-8(7)2-1-4-10-9/h1,4,6,12H,2-3,5H2. The average Bonchev–Trinajstić information content (AvgIpc) is 2.50. The third-order valence-corrected chi connectivity index (χ3v) is 2.23. The van der Waals surface area contributed by atoms with Gasteiger partial charge in [-0.25, -0.2) is 9.98 Å². The molecule has 0 spiro atoms. The number of nitrogens with zero attached hydrogens (tertiary/aromatic N) is 2. The molecule has 2 aliphatic heterocycles. The zero-order chi connectivity index (χ0) is 8.39. The van der Waals surface area contributed by atoms with Gasteiger partial charge in [-0.05, 0) is 24.2 Å². The molecule has 0 aromatic carbocycles. The molecule has 2 rings (SSSR count).